The number of aromatic carboxylic acids is 1. The quantitative estimate of drug-likeness (QED) is 0.454. The van der Waals surface area contributed by atoms with Crippen molar-refractivity contribution in [1.82, 2.24) is 9.97 Å². The van der Waals surface area contributed by atoms with E-state index in [-0.39, 0.29) is 5.69 Å². The van der Waals surface area contributed by atoms with Crippen LogP contribution in [0.5, 0.6) is 5.75 Å². The number of hydrogen-bond donors (Lipinski definition) is 1. The molecule has 0 aliphatic carbocycles. The number of hydrogen-bond acceptors (Lipinski definition) is 4. The third kappa shape index (κ3) is 7.77. The summed E-state index contributed by atoms with van der Waals surface area (Å²) in [6.45, 7) is 2.99. The Bertz CT molecular complexity index is 669. The number of rotatable bonds is 13. The van der Waals surface area contributed by atoms with E-state index in [9.17, 15) is 4.79 Å². The van der Waals surface area contributed by atoms with Gasteiger partial charge in [-0.3, -0.25) is 4.98 Å². The first-order valence-corrected chi connectivity index (χ1v) is 9.99. The predicted molar refractivity (Wildman–Crippen MR) is 107 cm³/mol. The van der Waals surface area contributed by atoms with Crippen LogP contribution in [0.4, 0.5) is 0 Å². The molecule has 5 nitrogen and oxygen atoms in total. The Balaban J connectivity index is 1.63. The molecule has 27 heavy (non-hydrogen) atoms. The zero-order chi connectivity index (χ0) is 19.3. The summed E-state index contributed by atoms with van der Waals surface area (Å²) in [5, 5.41) is 8.86. The Labute approximate surface area is 161 Å². The minimum Gasteiger partial charge on any atom is -0.494 e. The second-order valence-corrected chi connectivity index (χ2v) is 6.79. The first kappa shape index (κ1) is 20.9. The van der Waals surface area contributed by atoms with Crippen LogP contribution in [0.3, 0.4) is 0 Å². The summed E-state index contributed by atoms with van der Waals surface area (Å²) in [5.74, 6) is -0.234. The van der Waals surface area contributed by atoms with Crippen LogP contribution in [0.25, 0.3) is 11.3 Å². The van der Waals surface area contributed by atoms with Crippen molar-refractivity contribution in [2.24, 2.45) is 0 Å². The summed E-state index contributed by atoms with van der Waals surface area (Å²) < 4.78 is 5.79. The lowest BCUT2D eigenvalue weighted by atomic mass is 10.1. The van der Waals surface area contributed by atoms with Gasteiger partial charge in [0.1, 0.15) is 5.75 Å². The summed E-state index contributed by atoms with van der Waals surface area (Å²) in [4.78, 5) is 18.8. The topological polar surface area (TPSA) is 72.3 Å². The lowest BCUT2D eigenvalue weighted by Crippen LogP contribution is -2.01. The van der Waals surface area contributed by atoms with E-state index in [0.29, 0.717) is 5.69 Å². The van der Waals surface area contributed by atoms with Gasteiger partial charge in [-0.25, -0.2) is 9.78 Å². The molecule has 0 aliphatic rings. The van der Waals surface area contributed by atoms with E-state index in [4.69, 9.17) is 9.84 Å². The molecule has 0 saturated heterocycles. The SMILES string of the molecule is CCCCCCCCCCCOc1ccc(-c2cnc(C(=O)O)cn2)cc1. The van der Waals surface area contributed by atoms with E-state index >= 15 is 0 Å². The fourth-order valence-corrected chi connectivity index (χ4v) is 2.91. The molecule has 0 fully saturated rings. The minimum absolute atomic E-state index is 0.0559. The van der Waals surface area contributed by atoms with Crippen LogP contribution in [0.2, 0.25) is 0 Å². The zero-order valence-electron chi connectivity index (χ0n) is 16.2. The highest BCUT2D eigenvalue weighted by Crippen LogP contribution is 2.20. The Morgan fingerprint density at radius 3 is 2.07 bits per heavy atom. The predicted octanol–water partition coefficient (Wildman–Crippen LogP) is 5.75. The van der Waals surface area contributed by atoms with Gasteiger partial charge >= 0.3 is 5.97 Å². The van der Waals surface area contributed by atoms with Crippen molar-refractivity contribution in [3.05, 3.63) is 42.4 Å². The molecule has 5 heteroatoms. The molecule has 146 valence electrons. The van der Waals surface area contributed by atoms with Gasteiger partial charge in [0.15, 0.2) is 5.69 Å². The largest absolute Gasteiger partial charge is 0.494 e. The van der Waals surface area contributed by atoms with Gasteiger partial charge in [-0.1, -0.05) is 58.3 Å². The second kappa shape index (κ2) is 12.0. The smallest absolute Gasteiger partial charge is 0.356 e. The van der Waals surface area contributed by atoms with Crippen LogP contribution < -0.4 is 4.74 Å². The Kier molecular flexibility index (Phi) is 9.31. The third-order valence-electron chi connectivity index (χ3n) is 4.54. The van der Waals surface area contributed by atoms with Crippen molar-refractivity contribution in [2.45, 2.75) is 64.7 Å². The zero-order valence-corrected chi connectivity index (χ0v) is 16.2. The van der Waals surface area contributed by atoms with Crippen LogP contribution >= 0.6 is 0 Å². The average molecular weight is 370 g/mol. The molecule has 0 saturated carbocycles. The molecule has 0 unspecified atom stereocenters. The summed E-state index contributed by atoms with van der Waals surface area (Å²) in [5.41, 5.74) is 1.47. The minimum atomic E-state index is -1.07. The van der Waals surface area contributed by atoms with Gasteiger partial charge in [-0.05, 0) is 30.7 Å². The van der Waals surface area contributed by atoms with Crippen molar-refractivity contribution in [1.29, 1.82) is 0 Å². The molecule has 1 heterocycles. The Morgan fingerprint density at radius 1 is 0.889 bits per heavy atom. The summed E-state index contributed by atoms with van der Waals surface area (Å²) in [6, 6.07) is 7.65. The molecule has 0 atom stereocenters. The van der Waals surface area contributed by atoms with Gasteiger partial charge < -0.3 is 9.84 Å². The molecule has 0 spiro atoms. The molecular weight excluding hydrogens is 340 g/mol. The summed E-state index contributed by atoms with van der Waals surface area (Å²) in [7, 11) is 0. The fourth-order valence-electron chi connectivity index (χ4n) is 2.91. The lowest BCUT2D eigenvalue weighted by molar-refractivity contribution is 0.0690. The molecule has 0 aliphatic heterocycles. The average Bonchev–Trinajstić information content (AvgIpc) is 2.70. The first-order valence-electron chi connectivity index (χ1n) is 9.99. The molecule has 1 N–H and O–H groups in total. The van der Waals surface area contributed by atoms with Gasteiger partial charge in [0, 0.05) is 5.56 Å². The number of ether oxygens (including phenoxy) is 1. The highest BCUT2D eigenvalue weighted by molar-refractivity contribution is 5.85. The number of unbranched alkanes of at least 4 members (excludes halogenated alkanes) is 8. The fraction of sp³-hybridized carbons (Fsp3) is 0.500. The molecule has 2 aromatic rings. The van der Waals surface area contributed by atoms with Crippen LogP contribution in [0.1, 0.15) is 75.2 Å². The maximum Gasteiger partial charge on any atom is 0.356 e. The van der Waals surface area contributed by atoms with Crippen LogP contribution in [-0.2, 0) is 0 Å². The van der Waals surface area contributed by atoms with Crippen LogP contribution in [0, 0.1) is 0 Å². The van der Waals surface area contributed by atoms with Crippen molar-refractivity contribution < 1.29 is 14.6 Å². The molecule has 0 bridgehead atoms. The van der Waals surface area contributed by atoms with Gasteiger partial charge in [0.2, 0.25) is 0 Å². The van der Waals surface area contributed by atoms with Gasteiger partial charge in [-0.15, -0.1) is 0 Å². The highest BCUT2D eigenvalue weighted by atomic mass is 16.5. The molecule has 1 aromatic heterocycles. The van der Waals surface area contributed by atoms with Crippen LogP contribution in [-0.4, -0.2) is 27.7 Å². The summed E-state index contributed by atoms with van der Waals surface area (Å²) in [6.07, 6.45) is 14.5. The molecular formula is C22H30N2O3. The van der Waals surface area contributed by atoms with E-state index in [2.05, 4.69) is 16.9 Å². The van der Waals surface area contributed by atoms with Crippen LogP contribution in [0.15, 0.2) is 36.7 Å². The maximum atomic E-state index is 10.8. The highest BCUT2D eigenvalue weighted by Gasteiger charge is 2.06. The second-order valence-electron chi connectivity index (χ2n) is 6.79. The van der Waals surface area contributed by atoms with Crippen molar-refractivity contribution in [2.75, 3.05) is 6.61 Å². The molecule has 0 radical (unpaired) electrons. The van der Waals surface area contributed by atoms with E-state index in [1.54, 1.807) is 0 Å². The van der Waals surface area contributed by atoms with Crippen molar-refractivity contribution in [3.8, 4) is 17.0 Å². The third-order valence-corrected chi connectivity index (χ3v) is 4.54. The number of carboxylic acids is 1. The number of nitrogens with zero attached hydrogens (tertiary/aromatic N) is 2. The molecule has 2 rings (SSSR count). The normalized spacial score (nSPS) is 10.7. The maximum absolute atomic E-state index is 10.8. The molecule has 0 amide bonds. The molecule has 1 aromatic carbocycles. The van der Waals surface area contributed by atoms with Gasteiger partial charge in [0.25, 0.3) is 0 Å². The van der Waals surface area contributed by atoms with E-state index < -0.39 is 5.97 Å². The summed E-state index contributed by atoms with van der Waals surface area (Å²) >= 11 is 0. The van der Waals surface area contributed by atoms with E-state index in [0.717, 1.165) is 24.3 Å². The Morgan fingerprint density at radius 2 is 1.52 bits per heavy atom. The van der Waals surface area contributed by atoms with Gasteiger partial charge in [0.05, 0.1) is 24.7 Å². The monoisotopic (exact) mass is 370 g/mol. The van der Waals surface area contributed by atoms with E-state index in [1.807, 2.05) is 24.3 Å². The van der Waals surface area contributed by atoms with E-state index in [1.165, 1.54) is 63.8 Å². The number of carbonyl (C=O) groups is 1. The standard InChI is InChI=1S/C22H30N2O3/c1-2-3-4-5-6-7-8-9-10-15-27-19-13-11-18(12-14-19)20-16-24-21(17-23-20)22(25)26/h11-14,16-17H,2-10,15H2,1H3,(H,25,26). The first-order chi connectivity index (χ1) is 13.2. The van der Waals surface area contributed by atoms with Crippen molar-refractivity contribution in [3.63, 3.8) is 0 Å². The number of benzene rings is 1. The number of aromatic nitrogens is 2. The van der Waals surface area contributed by atoms with Gasteiger partial charge in [-0.2, -0.15) is 0 Å². The van der Waals surface area contributed by atoms with Crippen molar-refractivity contribution >= 4 is 5.97 Å². The lowest BCUT2D eigenvalue weighted by Gasteiger charge is -2.07. The number of carboxylic acid groups (broad SMARTS) is 1. The Hall–Kier alpha value is -2.43.